The maximum Gasteiger partial charge on any atom is 0.128 e. The van der Waals surface area contributed by atoms with Gasteiger partial charge in [0.15, 0.2) is 0 Å². The Morgan fingerprint density at radius 3 is 2.59 bits per heavy atom. The van der Waals surface area contributed by atoms with E-state index in [-0.39, 0.29) is 11.8 Å². The molecular formula is C13H19NO3. The van der Waals surface area contributed by atoms with Gasteiger partial charge >= 0.3 is 0 Å². The SMILES string of the molecule is COc1ccc(C2CNC(C)(C)O2)c(OC)c1. The third kappa shape index (κ3) is 2.53. The molecule has 0 amide bonds. The summed E-state index contributed by atoms with van der Waals surface area (Å²) in [6.07, 6.45) is 0.0193. The molecule has 94 valence electrons. The summed E-state index contributed by atoms with van der Waals surface area (Å²) < 4.78 is 16.5. The van der Waals surface area contributed by atoms with Crippen LogP contribution in [0, 0.1) is 0 Å². The molecule has 1 fully saturated rings. The molecule has 0 bridgehead atoms. The highest BCUT2D eigenvalue weighted by atomic mass is 16.5. The van der Waals surface area contributed by atoms with Crippen molar-refractivity contribution in [3.63, 3.8) is 0 Å². The average molecular weight is 237 g/mol. The number of rotatable bonds is 3. The fourth-order valence-electron chi connectivity index (χ4n) is 2.04. The largest absolute Gasteiger partial charge is 0.497 e. The second kappa shape index (κ2) is 4.55. The van der Waals surface area contributed by atoms with E-state index in [1.165, 1.54) is 0 Å². The van der Waals surface area contributed by atoms with Crippen LogP contribution >= 0.6 is 0 Å². The summed E-state index contributed by atoms with van der Waals surface area (Å²) in [5.41, 5.74) is 0.765. The number of methoxy groups -OCH3 is 2. The lowest BCUT2D eigenvalue weighted by Gasteiger charge is -2.20. The molecule has 1 saturated heterocycles. The van der Waals surface area contributed by atoms with Gasteiger partial charge in [-0.05, 0) is 26.0 Å². The van der Waals surface area contributed by atoms with Gasteiger partial charge in [-0.3, -0.25) is 5.32 Å². The Balaban J connectivity index is 2.26. The highest BCUT2D eigenvalue weighted by Gasteiger charge is 2.33. The quantitative estimate of drug-likeness (QED) is 0.874. The van der Waals surface area contributed by atoms with E-state index < -0.39 is 0 Å². The number of nitrogens with one attached hydrogen (secondary N) is 1. The van der Waals surface area contributed by atoms with Crippen LogP contribution in [0.25, 0.3) is 0 Å². The molecule has 4 heteroatoms. The topological polar surface area (TPSA) is 39.7 Å². The van der Waals surface area contributed by atoms with Crippen molar-refractivity contribution in [2.75, 3.05) is 20.8 Å². The Hall–Kier alpha value is -1.26. The maximum absolute atomic E-state index is 5.92. The van der Waals surface area contributed by atoms with Gasteiger partial charge < -0.3 is 14.2 Å². The van der Waals surface area contributed by atoms with E-state index in [2.05, 4.69) is 5.32 Å². The monoisotopic (exact) mass is 237 g/mol. The van der Waals surface area contributed by atoms with Crippen molar-refractivity contribution in [1.82, 2.24) is 5.32 Å². The van der Waals surface area contributed by atoms with Gasteiger partial charge in [0, 0.05) is 18.2 Å². The van der Waals surface area contributed by atoms with Crippen molar-refractivity contribution < 1.29 is 14.2 Å². The van der Waals surface area contributed by atoms with Crippen LogP contribution in [-0.4, -0.2) is 26.5 Å². The van der Waals surface area contributed by atoms with Crippen molar-refractivity contribution in [3.8, 4) is 11.5 Å². The van der Waals surface area contributed by atoms with E-state index in [1.54, 1.807) is 14.2 Å². The van der Waals surface area contributed by atoms with Crippen molar-refractivity contribution in [2.24, 2.45) is 0 Å². The molecule has 1 aliphatic rings. The summed E-state index contributed by atoms with van der Waals surface area (Å²) in [6.45, 7) is 4.82. The number of ether oxygens (including phenoxy) is 3. The van der Waals surface area contributed by atoms with Gasteiger partial charge in [0.1, 0.15) is 23.3 Å². The summed E-state index contributed by atoms with van der Waals surface area (Å²) >= 11 is 0. The van der Waals surface area contributed by atoms with E-state index >= 15 is 0 Å². The minimum atomic E-state index is -0.282. The first-order valence-electron chi connectivity index (χ1n) is 5.70. The van der Waals surface area contributed by atoms with Crippen LogP contribution in [0.3, 0.4) is 0 Å². The molecule has 0 radical (unpaired) electrons. The molecule has 1 aliphatic heterocycles. The van der Waals surface area contributed by atoms with E-state index in [0.29, 0.717) is 0 Å². The highest BCUT2D eigenvalue weighted by Crippen LogP contribution is 2.35. The fraction of sp³-hybridized carbons (Fsp3) is 0.538. The minimum absolute atomic E-state index is 0.0193. The summed E-state index contributed by atoms with van der Waals surface area (Å²) in [5, 5.41) is 3.32. The Bertz CT molecular complexity index is 404. The van der Waals surface area contributed by atoms with Crippen LogP contribution in [0.4, 0.5) is 0 Å². The van der Waals surface area contributed by atoms with Crippen molar-refractivity contribution in [2.45, 2.75) is 25.7 Å². The minimum Gasteiger partial charge on any atom is -0.497 e. The van der Waals surface area contributed by atoms with Crippen LogP contribution < -0.4 is 14.8 Å². The second-order valence-corrected chi connectivity index (χ2v) is 4.61. The molecule has 1 aromatic rings. The molecule has 4 nitrogen and oxygen atoms in total. The summed E-state index contributed by atoms with van der Waals surface area (Å²) in [6, 6.07) is 5.79. The van der Waals surface area contributed by atoms with Crippen LogP contribution in [0.5, 0.6) is 11.5 Å². The predicted molar refractivity (Wildman–Crippen MR) is 65.5 cm³/mol. The Morgan fingerprint density at radius 2 is 2.06 bits per heavy atom. The molecule has 2 rings (SSSR count). The number of hydrogen-bond acceptors (Lipinski definition) is 4. The van der Waals surface area contributed by atoms with Gasteiger partial charge in [-0.25, -0.2) is 0 Å². The Kier molecular flexibility index (Phi) is 3.26. The lowest BCUT2D eigenvalue weighted by atomic mass is 10.1. The zero-order valence-electron chi connectivity index (χ0n) is 10.7. The third-order valence-corrected chi connectivity index (χ3v) is 2.94. The molecule has 0 spiro atoms. The number of hydrogen-bond donors (Lipinski definition) is 1. The number of benzene rings is 1. The van der Waals surface area contributed by atoms with Gasteiger partial charge in [0.05, 0.1) is 14.2 Å². The van der Waals surface area contributed by atoms with Gasteiger partial charge in [0.2, 0.25) is 0 Å². The summed E-state index contributed by atoms with van der Waals surface area (Å²) in [7, 11) is 3.30. The maximum atomic E-state index is 5.92. The van der Waals surface area contributed by atoms with Crippen LogP contribution in [0.2, 0.25) is 0 Å². The summed E-state index contributed by atoms with van der Waals surface area (Å²) in [4.78, 5) is 0. The third-order valence-electron chi connectivity index (χ3n) is 2.94. The highest BCUT2D eigenvalue weighted by molar-refractivity contribution is 5.42. The smallest absolute Gasteiger partial charge is 0.128 e. The van der Waals surface area contributed by atoms with E-state index in [1.807, 2.05) is 32.0 Å². The molecule has 0 aromatic heterocycles. The zero-order valence-corrected chi connectivity index (χ0v) is 10.7. The zero-order chi connectivity index (χ0) is 12.5. The first-order valence-corrected chi connectivity index (χ1v) is 5.70. The van der Waals surface area contributed by atoms with Gasteiger partial charge in [-0.2, -0.15) is 0 Å². The first-order chi connectivity index (χ1) is 8.05. The molecule has 1 N–H and O–H groups in total. The van der Waals surface area contributed by atoms with Crippen LogP contribution in [-0.2, 0) is 4.74 Å². The molecular weight excluding hydrogens is 218 g/mol. The van der Waals surface area contributed by atoms with Crippen LogP contribution in [0.15, 0.2) is 18.2 Å². The molecule has 17 heavy (non-hydrogen) atoms. The normalized spacial score (nSPS) is 22.5. The summed E-state index contributed by atoms with van der Waals surface area (Å²) in [5.74, 6) is 1.59. The molecule has 1 aromatic carbocycles. The van der Waals surface area contributed by atoms with Gasteiger partial charge in [0.25, 0.3) is 0 Å². The fourth-order valence-corrected chi connectivity index (χ4v) is 2.04. The van der Waals surface area contributed by atoms with Gasteiger partial charge in [-0.15, -0.1) is 0 Å². The molecule has 0 saturated carbocycles. The molecule has 0 aliphatic carbocycles. The Morgan fingerprint density at radius 1 is 1.29 bits per heavy atom. The standard InChI is InChI=1S/C13H19NO3/c1-13(2)14-8-12(17-13)10-6-5-9(15-3)7-11(10)16-4/h5-7,12,14H,8H2,1-4H3. The lowest BCUT2D eigenvalue weighted by molar-refractivity contribution is -0.0248. The molecule has 1 heterocycles. The van der Waals surface area contributed by atoms with E-state index in [9.17, 15) is 0 Å². The lowest BCUT2D eigenvalue weighted by Crippen LogP contribution is -2.33. The second-order valence-electron chi connectivity index (χ2n) is 4.61. The van der Waals surface area contributed by atoms with Crippen molar-refractivity contribution >= 4 is 0 Å². The van der Waals surface area contributed by atoms with E-state index in [0.717, 1.165) is 23.6 Å². The van der Waals surface area contributed by atoms with Gasteiger partial charge in [-0.1, -0.05) is 0 Å². The predicted octanol–water partition coefficient (Wildman–Crippen LogP) is 2.10. The van der Waals surface area contributed by atoms with Crippen molar-refractivity contribution in [1.29, 1.82) is 0 Å². The van der Waals surface area contributed by atoms with Crippen molar-refractivity contribution in [3.05, 3.63) is 23.8 Å². The van der Waals surface area contributed by atoms with Crippen LogP contribution in [0.1, 0.15) is 25.5 Å². The molecule has 1 unspecified atom stereocenters. The first kappa shape index (κ1) is 12.2. The molecule has 1 atom stereocenters. The van der Waals surface area contributed by atoms with E-state index in [4.69, 9.17) is 14.2 Å². The Labute approximate surface area is 102 Å². The average Bonchev–Trinajstić information content (AvgIpc) is 2.68.